The molecule has 0 bridgehead atoms. The van der Waals surface area contributed by atoms with Crippen molar-refractivity contribution in [3.63, 3.8) is 0 Å². The number of pyridine rings is 1. The van der Waals surface area contributed by atoms with Gasteiger partial charge in [0, 0.05) is 11.6 Å². The summed E-state index contributed by atoms with van der Waals surface area (Å²) >= 11 is 0. The summed E-state index contributed by atoms with van der Waals surface area (Å²) in [7, 11) is 0. The van der Waals surface area contributed by atoms with Crippen LogP contribution in [-0.2, 0) is 6.42 Å². The van der Waals surface area contributed by atoms with Gasteiger partial charge in [-0.1, -0.05) is 54.4 Å². The molecule has 0 saturated carbocycles. The number of nitrogens with one attached hydrogen (secondary N) is 2. The van der Waals surface area contributed by atoms with E-state index in [2.05, 4.69) is 17.0 Å². The lowest BCUT2D eigenvalue weighted by Crippen LogP contribution is -3.00. The molecule has 0 amide bonds. The van der Waals surface area contributed by atoms with Crippen LogP contribution in [0.5, 0.6) is 0 Å². The van der Waals surface area contributed by atoms with Crippen molar-refractivity contribution < 1.29 is 17.4 Å². The van der Waals surface area contributed by atoms with Crippen molar-refractivity contribution in [3.05, 3.63) is 70.6 Å². The van der Waals surface area contributed by atoms with Gasteiger partial charge in [0.25, 0.3) is 0 Å². The Morgan fingerprint density at radius 3 is 2.45 bits per heavy atom. The lowest BCUT2D eigenvalue weighted by atomic mass is 10.1. The van der Waals surface area contributed by atoms with E-state index in [0.29, 0.717) is 0 Å². The van der Waals surface area contributed by atoms with Crippen molar-refractivity contribution >= 4 is 0 Å². The lowest BCUT2D eigenvalue weighted by Gasteiger charge is -1.99. The van der Waals surface area contributed by atoms with E-state index < -0.39 is 0 Å². The molecule has 0 atom stereocenters. The van der Waals surface area contributed by atoms with E-state index in [-0.39, 0.29) is 18.0 Å². The molecule has 2 N–H and O–H groups in total. The third kappa shape index (κ3) is 2.97. The van der Waals surface area contributed by atoms with Crippen molar-refractivity contribution in [2.24, 2.45) is 0 Å². The summed E-state index contributed by atoms with van der Waals surface area (Å²) in [6, 6.07) is 15.6. The number of nitrogens with zero attached hydrogens (tertiary/aromatic N) is 1. The van der Waals surface area contributed by atoms with E-state index in [4.69, 9.17) is 0 Å². The van der Waals surface area contributed by atoms with E-state index in [1.54, 1.807) is 4.68 Å². The molecule has 2 heterocycles. The molecule has 1 aromatic carbocycles. The maximum absolute atomic E-state index is 12.7. The zero-order chi connectivity index (χ0) is 14.7. The fourth-order valence-corrected chi connectivity index (χ4v) is 2.49. The molecule has 0 aliphatic heterocycles. The smallest absolute Gasteiger partial charge is 0.362 e. The van der Waals surface area contributed by atoms with Crippen molar-refractivity contribution in [2.75, 3.05) is 0 Å². The van der Waals surface area contributed by atoms with Crippen LogP contribution in [0.25, 0.3) is 17.1 Å². The van der Waals surface area contributed by atoms with Gasteiger partial charge in [0.05, 0.1) is 17.5 Å². The van der Waals surface area contributed by atoms with Crippen molar-refractivity contribution in [1.82, 2.24) is 9.78 Å². The average Bonchev–Trinajstić information content (AvgIpc) is 2.87. The van der Waals surface area contributed by atoms with E-state index >= 15 is 0 Å². The average molecular weight is 316 g/mol. The molecule has 114 valence electrons. The standard InChI is InChI=1S/C17H17N3O.ClH/c1-2-8-14-16(13-9-4-3-5-10-13)19-20(17(14)21)15-11-6-7-12-18-15;/h3-7,9-12,19H,2,8H2,1H3;1H. The van der Waals surface area contributed by atoms with Crippen LogP contribution >= 0.6 is 0 Å². The molecule has 5 heteroatoms. The fraction of sp³-hybridized carbons (Fsp3) is 0.176. The van der Waals surface area contributed by atoms with Crippen molar-refractivity contribution in [2.45, 2.75) is 19.8 Å². The Bertz CT molecular complexity index is 779. The van der Waals surface area contributed by atoms with Crippen LogP contribution in [0.1, 0.15) is 18.9 Å². The minimum absolute atomic E-state index is 0. The van der Waals surface area contributed by atoms with Gasteiger partial charge in [-0.15, -0.1) is 0 Å². The predicted octanol–water partition coefficient (Wildman–Crippen LogP) is -0.397. The summed E-state index contributed by atoms with van der Waals surface area (Å²) in [6.07, 6.45) is 3.51. The van der Waals surface area contributed by atoms with Gasteiger partial charge in [0.15, 0.2) is 0 Å². The number of aromatic amines is 2. The third-order valence-corrected chi connectivity index (χ3v) is 3.48. The first-order chi connectivity index (χ1) is 10.3. The SMILES string of the molecule is CCCc1c(-c2ccccc2)[nH]n(-c2cccc[nH+]2)c1=O.[Cl-]. The fourth-order valence-electron chi connectivity index (χ4n) is 2.49. The third-order valence-electron chi connectivity index (χ3n) is 3.48. The van der Waals surface area contributed by atoms with Gasteiger partial charge in [-0.3, -0.25) is 0 Å². The highest BCUT2D eigenvalue weighted by molar-refractivity contribution is 5.62. The minimum Gasteiger partial charge on any atom is -1.00 e. The highest BCUT2D eigenvalue weighted by Gasteiger charge is 2.21. The van der Waals surface area contributed by atoms with Gasteiger partial charge in [-0.25, -0.2) is 14.9 Å². The quantitative estimate of drug-likeness (QED) is 0.700. The summed E-state index contributed by atoms with van der Waals surface area (Å²) in [5.41, 5.74) is 2.78. The number of H-pyrrole nitrogens is 2. The first kappa shape index (κ1) is 16.0. The highest BCUT2D eigenvalue weighted by atomic mass is 35.5. The molecule has 4 nitrogen and oxygen atoms in total. The summed E-state index contributed by atoms with van der Waals surface area (Å²) in [4.78, 5) is 15.8. The zero-order valence-corrected chi connectivity index (χ0v) is 13.1. The Labute approximate surface area is 135 Å². The molecule has 0 radical (unpaired) electrons. The molecule has 0 unspecified atom stereocenters. The normalized spacial score (nSPS) is 10.2. The summed E-state index contributed by atoms with van der Waals surface area (Å²) in [5, 5.41) is 3.24. The van der Waals surface area contributed by atoms with Gasteiger partial charge in [-0.05, 0) is 12.5 Å². The van der Waals surface area contributed by atoms with Crippen LogP contribution in [-0.4, -0.2) is 9.78 Å². The van der Waals surface area contributed by atoms with Crippen LogP contribution in [0, 0.1) is 0 Å². The van der Waals surface area contributed by atoms with Gasteiger partial charge < -0.3 is 12.4 Å². The van der Waals surface area contributed by atoms with E-state index in [1.807, 2.05) is 54.7 Å². The number of benzene rings is 1. The number of halogens is 1. The Kier molecular flexibility index (Phi) is 5.17. The van der Waals surface area contributed by atoms with Crippen molar-refractivity contribution in [3.8, 4) is 17.1 Å². The van der Waals surface area contributed by atoms with Crippen LogP contribution in [0.15, 0.2) is 59.5 Å². The predicted molar refractivity (Wildman–Crippen MR) is 82.4 cm³/mol. The lowest BCUT2D eigenvalue weighted by molar-refractivity contribution is -0.374. The molecular weight excluding hydrogens is 298 g/mol. The largest absolute Gasteiger partial charge is 1.00 e. The Morgan fingerprint density at radius 1 is 1.09 bits per heavy atom. The second-order valence-corrected chi connectivity index (χ2v) is 4.97. The van der Waals surface area contributed by atoms with Gasteiger partial charge in [0.2, 0.25) is 0 Å². The first-order valence-electron chi connectivity index (χ1n) is 7.17. The second-order valence-electron chi connectivity index (χ2n) is 4.97. The van der Waals surface area contributed by atoms with Crippen LogP contribution in [0.3, 0.4) is 0 Å². The number of rotatable bonds is 4. The number of aromatic nitrogens is 3. The molecule has 0 fully saturated rings. The molecule has 0 saturated heterocycles. The van der Waals surface area contributed by atoms with Crippen LogP contribution in [0.4, 0.5) is 0 Å². The van der Waals surface area contributed by atoms with Crippen LogP contribution in [0.2, 0.25) is 0 Å². The monoisotopic (exact) mass is 315 g/mol. The van der Waals surface area contributed by atoms with Gasteiger partial charge >= 0.3 is 11.4 Å². The molecule has 22 heavy (non-hydrogen) atoms. The Balaban J connectivity index is 0.00000176. The van der Waals surface area contributed by atoms with E-state index in [0.717, 1.165) is 35.5 Å². The maximum Gasteiger partial charge on any atom is 0.362 e. The molecule has 0 aliphatic rings. The summed E-state index contributed by atoms with van der Waals surface area (Å²) in [5.74, 6) is 0.738. The molecule has 2 aromatic heterocycles. The van der Waals surface area contributed by atoms with E-state index in [9.17, 15) is 4.79 Å². The zero-order valence-electron chi connectivity index (χ0n) is 12.3. The summed E-state index contributed by atoms with van der Waals surface area (Å²) in [6.45, 7) is 2.08. The topological polar surface area (TPSA) is 51.9 Å². The molecular formula is C17H18ClN3O. The Hall–Kier alpha value is -2.33. The first-order valence-corrected chi connectivity index (χ1v) is 7.17. The van der Waals surface area contributed by atoms with Gasteiger partial charge in [0.1, 0.15) is 0 Å². The van der Waals surface area contributed by atoms with Crippen LogP contribution < -0.4 is 23.0 Å². The number of hydrogen-bond donors (Lipinski definition) is 1. The molecule has 3 rings (SSSR count). The van der Waals surface area contributed by atoms with Gasteiger partial charge in [-0.2, -0.15) is 0 Å². The number of hydrogen-bond acceptors (Lipinski definition) is 1. The molecule has 0 aliphatic carbocycles. The van der Waals surface area contributed by atoms with Crippen molar-refractivity contribution in [1.29, 1.82) is 0 Å². The van der Waals surface area contributed by atoms with E-state index in [1.165, 1.54) is 0 Å². The molecule has 0 spiro atoms. The maximum atomic E-state index is 12.7. The molecule has 3 aromatic rings. The minimum atomic E-state index is 0. The Morgan fingerprint density at radius 2 is 1.82 bits per heavy atom. The summed E-state index contributed by atoms with van der Waals surface area (Å²) < 4.78 is 1.58. The second kappa shape index (κ2) is 7.09. The highest BCUT2D eigenvalue weighted by Crippen LogP contribution is 2.20.